The Kier molecular flexibility index (Phi) is 2.88. The maximum atomic E-state index is 10.7. The van der Waals surface area contributed by atoms with Crippen molar-refractivity contribution in [1.82, 2.24) is 9.55 Å². The van der Waals surface area contributed by atoms with Gasteiger partial charge >= 0.3 is 5.97 Å². The average molecular weight is 232 g/mol. The molecule has 0 aliphatic rings. The molecule has 1 atom stereocenters. The van der Waals surface area contributed by atoms with Gasteiger partial charge in [0.05, 0.1) is 17.5 Å². The number of aromatic nitrogens is 2. The second-order valence-electron chi connectivity index (χ2n) is 4.47. The van der Waals surface area contributed by atoms with Crippen molar-refractivity contribution in [1.29, 1.82) is 0 Å². The van der Waals surface area contributed by atoms with E-state index in [9.17, 15) is 4.79 Å². The lowest BCUT2D eigenvalue weighted by atomic mass is 10.1. The molecule has 0 bridgehead atoms. The molecule has 0 radical (unpaired) electrons. The number of hydrogen-bond acceptors (Lipinski definition) is 2. The fourth-order valence-corrected chi connectivity index (χ4v) is 2.28. The number of carboxylic acid groups (broad SMARTS) is 1. The first kappa shape index (κ1) is 11.6. The van der Waals surface area contributed by atoms with Crippen LogP contribution in [0.1, 0.15) is 30.7 Å². The minimum Gasteiger partial charge on any atom is -0.481 e. The zero-order valence-electron chi connectivity index (χ0n) is 10.3. The van der Waals surface area contributed by atoms with E-state index in [1.54, 1.807) is 0 Å². The van der Waals surface area contributed by atoms with E-state index in [0.29, 0.717) is 0 Å². The molecular weight excluding hydrogens is 216 g/mol. The Morgan fingerprint density at radius 2 is 2.24 bits per heavy atom. The highest BCUT2D eigenvalue weighted by Gasteiger charge is 2.17. The largest absolute Gasteiger partial charge is 0.481 e. The monoisotopic (exact) mass is 232 g/mol. The van der Waals surface area contributed by atoms with E-state index in [0.717, 1.165) is 22.4 Å². The number of benzene rings is 1. The fraction of sp³-hybridized carbons (Fsp3) is 0.385. The zero-order chi connectivity index (χ0) is 12.6. The molecule has 2 aromatic rings. The van der Waals surface area contributed by atoms with Crippen molar-refractivity contribution in [2.24, 2.45) is 7.05 Å². The number of carboxylic acids is 1. The summed E-state index contributed by atoms with van der Waals surface area (Å²) in [6.07, 6.45) is 0.107. The number of aliphatic carboxylic acids is 1. The van der Waals surface area contributed by atoms with Gasteiger partial charge in [-0.25, -0.2) is 4.98 Å². The van der Waals surface area contributed by atoms with E-state index in [4.69, 9.17) is 5.11 Å². The second-order valence-corrected chi connectivity index (χ2v) is 4.47. The Bertz CT molecular complexity index is 572. The third-order valence-corrected chi connectivity index (χ3v) is 3.05. The molecule has 1 unspecified atom stereocenters. The Labute approximate surface area is 99.9 Å². The van der Waals surface area contributed by atoms with E-state index < -0.39 is 5.97 Å². The summed E-state index contributed by atoms with van der Waals surface area (Å²) in [7, 11) is 1.94. The molecule has 0 amide bonds. The molecular formula is C13H16N2O2. The van der Waals surface area contributed by atoms with Gasteiger partial charge in [-0.15, -0.1) is 0 Å². The van der Waals surface area contributed by atoms with Crippen LogP contribution in [-0.2, 0) is 11.8 Å². The summed E-state index contributed by atoms with van der Waals surface area (Å²) in [5, 5.41) is 8.83. The first-order valence-corrected chi connectivity index (χ1v) is 5.64. The number of fused-ring (bicyclic) bond motifs is 1. The third kappa shape index (κ3) is 2.02. The Hall–Kier alpha value is -1.84. The van der Waals surface area contributed by atoms with Crippen molar-refractivity contribution in [3.63, 3.8) is 0 Å². The van der Waals surface area contributed by atoms with Crippen LogP contribution in [0.25, 0.3) is 11.0 Å². The molecule has 4 nitrogen and oxygen atoms in total. The van der Waals surface area contributed by atoms with Gasteiger partial charge in [0.2, 0.25) is 0 Å². The maximum Gasteiger partial charge on any atom is 0.304 e. The van der Waals surface area contributed by atoms with Gasteiger partial charge in [-0.3, -0.25) is 4.79 Å². The Balaban J connectivity index is 2.52. The molecule has 1 aromatic carbocycles. The second kappa shape index (κ2) is 4.20. The lowest BCUT2D eigenvalue weighted by Gasteiger charge is -2.09. The number of aryl methyl sites for hydroxylation is 2. The number of imidazole rings is 1. The summed E-state index contributed by atoms with van der Waals surface area (Å²) >= 11 is 0. The van der Waals surface area contributed by atoms with Gasteiger partial charge in [-0.1, -0.05) is 19.1 Å². The van der Waals surface area contributed by atoms with E-state index in [1.807, 2.05) is 43.7 Å². The normalized spacial score (nSPS) is 12.9. The van der Waals surface area contributed by atoms with Gasteiger partial charge in [0.1, 0.15) is 5.82 Å². The molecule has 0 saturated carbocycles. The van der Waals surface area contributed by atoms with Crippen LogP contribution in [-0.4, -0.2) is 20.6 Å². The summed E-state index contributed by atoms with van der Waals surface area (Å²) < 4.78 is 2.00. The summed E-state index contributed by atoms with van der Waals surface area (Å²) in [6.45, 7) is 3.93. The predicted octanol–water partition coefficient (Wildman–Crippen LogP) is 2.46. The average Bonchev–Trinajstić information content (AvgIpc) is 2.56. The topological polar surface area (TPSA) is 55.1 Å². The Morgan fingerprint density at radius 1 is 1.53 bits per heavy atom. The first-order valence-electron chi connectivity index (χ1n) is 5.64. The molecule has 0 aliphatic heterocycles. The van der Waals surface area contributed by atoms with Crippen molar-refractivity contribution in [3.8, 4) is 0 Å². The van der Waals surface area contributed by atoms with Gasteiger partial charge in [-0.05, 0) is 18.6 Å². The molecule has 90 valence electrons. The van der Waals surface area contributed by atoms with E-state index >= 15 is 0 Å². The van der Waals surface area contributed by atoms with Gasteiger partial charge in [0, 0.05) is 13.0 Å². The molecule has 1 N–H and O–H groups in total. The minimum absolute atomic E-state index is 0.0794. The highest BCUT2D eigenvalue weighted by Crippen LogP contribution is 2.24. The van der Waals surface area contributed by atoms with Crippen LogP contribution in [0.5, 0.6) is 0 Å². The van der Waals surface area contributed by atoms with Crippen molar-refractivity contribution >= 4 is 17.0 Å². The highest BCUT2D eigenvalue weighted by atomic mass is 16.4. The maximum absolute atomic E-state index is 10.7. The van der Waals surface area contributed by atoms with Crippen molar-refractivity contribution in [2.75, 3.05) is 0 Å². The summed E-state index contributed by atoms with van der Waals surface area (Å²) in [5.41, 5.74) is 3.17. The van der Waals surface area contributed by atoms with Gasteiger partial charge < -0.3 is 9.67 Å². The SMILES string of the molecule is Cc1cccc2nc(C(C)CC(=O)O)n(C)c12. The third-order valence-electron chi connectivity index (χ3n) is 3.05. The molecule has 2 rings (SSSR count). The zero-order valence-corrected chi connectivity index (χ0v) is 10.3. The van der Waals surface area contributed by atoms with E-state index in [2.05, 4.69) is 4.98 Å². The summed E-state index contributed by atoms with van der Waals surface area (Å²) in [5.74, 6) is -0.0396. The molecule has 0 fully saturated rings. The van der Waals surface area contributed by atoms with Crippen LogP contribution in [0.15, 0.2) is 18.2 Å². The summed E-state index contributed by atoms with van der Waals surface area (Å²) in [4.78, 5) is 15.3. The summed E-state index contributed by atoms with van der Waals surface area (Å²) in [6, 6.07) is 5.96. The van der Waals surface area contributed by atoms with Crippen LogP contribution < -0.4 is 0 Å². The molecule has 0 aliphatic carbocycles. The number of carbonyl (C=O) groups is 1. The van der Waals surface area contributed by atoms with Crippen molar-refractivity contribution < 1.29 is 9.90 Å². The van der Waals surface area contributed by atoms with Gasteiger partial charge in [0.25, 0.3) is 0 Å². The van der Waals surface area contributed by atoms with Crippen LogP contribution in [0, 0.1) is 6.92 Å². The van der Waals surface area contributed by atoms with E-state index in [1.165, 1.54) is 0 Å². The number of nitrogens with zero attached hydrogens (tertiary/aromatic N) is 2. The molecule has 1 aromatic heterocycles. The molecule has 4 heteroatoms. The predicted molar refractivity (Wildman–Crippen MR) is 66.1 cm³/mol. The van der Waals surface area contributed by atoms with Crippen LogP contribution in [0.3, 0.4) is 0 Å². The number of rotatable bonds is 3. The van der Waals surface area contributed by atoms with E-state index in [-0.39, 0.29) is 12.3 Å². The van der Waals surface area contributed by atoms with Crippen LogP contribution in [0.4, 0.5) is 0 Å². The van der Waals surface area contributed by atoms with Crippen LogP contribution >= 0.6 is 0 Å². The fourth-order valence-electron chi connectivity index (χ4n) is 2.28. The molecule has 17 heavy (non-hydrogen) atoms. The number of para-hydroxylation sites is 1. The lowest BCUT2D eigenvalue weighted by Crippen LogP contribution is -2.08. The van der Waals surface area contributed by atoms with Crippen molar-refractivity contribution in [2.45, 2.75) is 26.2 Å². The standard InChI is InChI=1S/C13H16N2O2/c1-8-5-4-6-10-12(8)15(3)13(14-10)9(2)7-11(16)17/h4-6,9H,7H2,1-3H3,(H,16,17). The number of hydrogen-bond donors (Lipinski definition) is 1. The van der Waals surface area contributed by atoms with Crippen LogP contribution in [0.2, 0.25) is 0 Å². The van der Waals surface area contributed by atoms with Crippen molar-refractivity contribution in [3.05, 3.63) is 29.6 Å². The highest BCUT2D eigenvalue weighted by molar-refractivity contribution is 5.79. The van der Waals surface area contributed by atoms with Gasteiger partial charge in [0.15, 0.2) is 0 Å². The quantitative estimate of drug-likeness (QED) is 0.884. The molecule has 0 spiro atoms. The Morgan fingerprint density at radius 3 is 2.82 bits per heavy atom. The lowest BCUT2D eigenvalue weighted by molar-refractivity contribution is -0.137. The smallest absolute Gasteiger partial charge is 0.304 e. The minimum atomic E-state index is -0.790. The first-order chi connectivity index (χ1) is 8.00. The van der Waals surface area contributed by atoms with Gasteiger partial charge in [-0.2, -0.15) is 0 Å². The molecule has 1 heterocycles. The molecule has 0 saturated heterocycles.